The molecule has 0 aliphatic rings. The van der Waals surface area contributed by atoms with E-state index in [2.05, 4.69) is 4.72 Å². The van der Waals surface area contributed by atoms with Gasteiger partial charge < -0.3 is 5.11 Å². The smallest absolute Gasteiger partial charge is 0.301 e. The number of nitrogens with zero attached hydrogens (tertiary/aromatic N) is 1. The van der Waals surface area contributed by atoms with Crippen LogP contribution in [0.2, 0.25) is 0 Å². The number of anilines is 1. The lowest BCUT2D eigenvalue weighted by Crippen LogP contribution is -2.28. The van der Waals surface area contributed by atoms with Crippen LogP contribution in [0.3, 0.4) is 0 Å². The maximum Gasteiger partial charge on any atom is 0.301 e. The van der Waals surface area contributed by atoms with Crippen molar-refractivity contribution in [1.29, 1.82) is 0 Å². The SMILES string of the molecule is CN(C)S(=O)(=O)Nc1cccc(C(=O)c2ccc(CO)cc2)c1. The highest BCUT2D eigenvalue weighted by Gasteiger charge is 2.15. The third-order valence-electron chi connectivity index (χ3n) is 3.25. The van der Waals surface area contributed by atoms with E-state index >= 15 is 0 Å². The van der Waals surface area contributed by atoms with Gasteiger partial charge in [0.1, 0.15) is 0 Å². The first kappa shape index (κ1) is 17.1. The zero-order chi connectivity index (χ0) is 17.0. The molecule has 2 aromatic rings. The molecule has 0 aromatic heterocycles. The van der Waals surface area contributed by atoms with Gasteiger partial charge in [0.05, 0.1) is 12.3 Å². The van der Waals surface area contributed by atoms with E-state index in [4.69, 9.17) is 5.11 Å². The largest absolute Gasteiger partial charge is 0.392 e. The molecule has 0 radical (unpaired) electrons. The van der Waals surface area contributed by atoms with Gasteiger partial charge >= 0.3 is 10.2 Å². The quantitative estimate of drug-likeness (QED) is 0.786. The molecule has 0 fully saturated rings. The zero-order valence-corrected chi connectivity index (χ0v) is 13.7. The Balaban J connectivity index is 2.26. The molecular weight excluding hydrogens is 316 g/mol. The zero-order valence-electron chi connectivity index (χ0n) is 12.9. The molecule has 0 saturated heterocycles. The Labute approximate surface area is 135 Å². The Hall–Kier alpha value is -2.22. The van der Waals surface area contributed by atoms with E-state index in [-0.39, 0.29) is 12.4 Å². The Bertz CT molecular complexity index is 799. The van der Waals surface area contributed by atoms with Gasteiger partial charge in [-0.05, 0) is 17.7 Å². The highest BCUT2D eigenvalue weighted by atomic mass is 32.2. The predicted molar refractivity (Wildman–Crippen MR) is 88.5 cm³/mol. The third kappa shape index (κ3) is 4.16. The van der Waals surface area contributed by atoms with Crippen molar-refractivity contribution in [2.45, 2.75) is 6.61 Å². The number of benzene rings is 2. The Morgan fingerprint density at radius 3 is 2.30 bits per heavy atom. The molecule has 0 amide bonds. The summed E-state index contributed by atoms with van der Waals surface area (Å²) < 4.78 is 27.1. The monoisotopic (exact) mass is 334 g/mol. The van der Waals surface area contributed by atoms with Crippen molar-refractivity contribution in [2.24, 2.45) is 0 Å². The summed E-state index contributed by atoms with van der Waals surface area (Å²) in [4.78, 5) is 12.4. The number of aliphatic hydroxyl groups is 1. The van der Waals surface area contributed by atoms with Crippen molar-refractivity contribution in [3.8, 4) is 0 Å². The van der Waals surface area contributed by atoms with E-state index in [1.54, 1.807) is 42.5 Å². The molecule has 7 heteroatoms. The fourth-order valence-corrected chi connectivity index (χ4v) is 2.50. The number of aliphatic hydroxyl groups excluding tert-OH is 1. The lowest BCUT2D eigenvalue weighted by atomic mass is 10.0. The number of nitrogens with one attached hydrogen (secondary N) is 1. The summed E-state index contributed by atoms with van der Waals surface area (Å²) >= 11 is 0. The van der Waals surface area contributed by atoms with Crippen molar-refractivity contribution < 1.29 is 18.3 Å². The first-order chi connectivity index (χ1) is 10.8. The molecule has 0 saturated carbocycles. The average Bonchev–Trinajstić information content (AvgIpc) is 2.54. The van der Waals surface area contributed by atoms with Crippen molar-refractivity contribution in [2.75, 3.05) is 18.8 Å². The molecule has 2 N–H and O–H groups in total. The van der Waals surface area contributed by atoms with Crippen molar-refractivity contribution in [1.82, 2.24) is 4.31 Å². The van der Waals surface area contributed by atoms with Gasteiger partial charge in [-0.15, -0.1) is 0 Å². The van der Waals surface area contributed by atoms with Crippen LogP contribution >= 0.6 is 0 Å². The first-order valence-electron chi connectivity index (χ1n) is 6.88. The Morgan fingerprint density at radius 2 is 1.74 bits per heavy atom. The summed E-state index contributed by atoms with van der Waals surface area (Å²) in [5.41, 5.74) is 1.88. The molecule has 0 aliphatic carbocycles. The molecule has 0 atom stereocenters. The van der Waals surface area contributed by atoms with Gasteiger partial charge in [-0.1, -0.05) is 36.4 Å². The van der Waals surface area contributed by atoms with E-state index in [0.717, 1.165) is 4.31 Å². The number of ketones is 1. The van der Waals surface area contributed by atoms with Crippen LogP contribution in [0.4, 0.5) is 5.69 Å². The fraction of sp³-hybridized carbons (Fsp3) is 0.188. The topological polar surface area (TPSA) is 86.7 Å². The van der Waals surface area contributed by atoms with E-state index in [0.29, 0.717) is 22.4 Å². The molecule has 122 valence electrons. The Kier molecular flexibility index (Phi) is 5.15. The summed E-state index contributed by atoms with van der Waals surface area (Å²) in [6.45, 7) is -0.0870. The summed E-state index contributed by atoms with van der Waals surface area (Å²) in [7, 11) is -0.790. The number of rotatable bonds is 6. The van der Waals surface area contributed by atoms with Crippen molar-refractivity contribution >= 4 is 21.7 Å². The number of hydrogen-bond donors (Lipinski definition) is 2. The van der Waals surface area contributed by atoms with E-state index in [1.165, 1.54) is 20.2 Å². The molecule has 0 bridgehead atoms. The van der Waals surface area contributed by atoms with Crippen LogP contribution < -0.4 is 4.72 Å². The minimum Gasteiger partial charge on any atom is -0.392 e. The van der Waals surface area contributed by atoms with Crippen molar-refractivity contribution in [3.05, 3.63) is 65.2 Å². The van der Waals surface area contributed by atoms with Crippen LogP contribution in [-0.2, 0) is 16.8 Å². The van der Waals surface area contributed by atoms with Crippen LogP contribution in [0.15, 0.2) is 48.5 Å². The van der Waals surface area contributed by atoms with Gasteiger partial charge in [0, 0.05) is 25.2 Å². The van der Waals surface area contributed by atoms with Gasteiger partial charge in [0.15, 0.2) is 5.78 Å². The molecule has 2 rings (SSSR count). The maximum atomic E-state index is 12.4. The van der Waals surface area contributed by atoms with Crippen LogP contribution in [0, 0.1) is 0 Å². The first-order valence-corrected chi connectivity index (χ1v) is 8.32. The molecule has 0 unspecified atom stereocenters. The van der Waals surface area contributed by atoms with Crippen LogP contribution in [0.25, 0.3) is 0 Å². The lowest BCUT2D eigenvalue weighted by Gasteiger charge is -2.13. The second-order valence-corrected chi connectivity index (χ2v) is 7.04. The second kappa shape index (κ2) is 6.91. The third-order valence-corrected chi connectivity index (χ3v) is 4.71. The van der Waals surface area contributed by atoms with Gasteiger partial charge in [0.2, 0.25) is 0 Å². The molecule has 6 nitrogen and oxygen atoms in total. The van der Waals surface area contributed by atoms with Crippen LogP contribution in [0.5, 0.6) is 0 Å². The standard InChI is InChI=1S/C16H18N2O4S/c1-18(2)23(21,22)17-15-5-3-4-14(10-15)16(20)13-8-6-12(11-19)7-9-13/h3-10,17,19H,11H2,1-2H3. The summed E-state index contributed by atoms with van der Waals surface area (Å²) in [6, 6.07) is 12.9. The Morgan fingerprint density at radius 1 is 1.09 bits per heavy atom. The van der Waals surface area contributed by atoms with Crippen molar-refractivity contribution in [3.63, 3.8) is 0 Å². The molecule has 0 aliphatic heterocycles. The van der Waals surface area contributed by atoms with Crippen LogP contribution in [0.1, 0.15) is 21.5 Å². The molecular formula is C16H18N2O4S. The fourth-order valence-electron chi connectivity index (χ4n) is 1.89. The second-order valence-electron chi connectivity index (χ2n) is 5.15. The molecule has 0 heterocycles. The summed E-state index contributed by atoms with van der Waals surface area (Å²) in [6.07, 6.45) is 0. The average molecular weight is 334 g/mol. The number of carbonyl (C=O) groups is 1. The van der Waals surface area contributed by atoms with E-state index in [9.17, 15) is 13.2 Å². The number of hydrogen-bond acceptors (Lipinski definition) is 4. The molecule has 0 spiro atoms. The summed E-state index contributed by atoms with van der Waals surface area (Å²) in [5.74, 6) is -0.222. The summed E-state index contributed by atoms with van der Waals surface area (Å²) in [5, 5.41) is 9.02. The van der Waals surface area contributed by atoms with E-state index in [1.807, 2.05) is 0 Å². The van der Waals surface area contributed by atoms with Gasteiger partial charge in [0.25, 0.3) is 0 Å². The van der Waals surface area contributed by atoms with Crippen LogP contribution in [-0.4, -0.2) is 37.7 Å². The van der Waals surface area contributed by atoms with E-state index < -0.39 is 10.2 Å². The minimum absolute atomic E-state index is 0.0870. The lowest BCUT2D eigenvalue weighted by molar-refractivity contribution is 0.103. The van der Waals surface area contributed by atoms with Gasteiger partial charge in [-0.2, -0.15) is 12.7 Å². The predicted octanol–water partition coefficient (Wildman–Crippen LogP) is 1.63. The highest BCUT2D eigenvalue weighted by molar-refractivity contribution is 7.90. The van der Waals surface area contributed by atoms with Gasteiger partial charge in [-0.25, -0.2) is 0 Å². The number of carbonyl (C=O) groups excluding carboxylic acids is 1. The molecule has 2 aromatic carbocycles. The van der Waals surface area contributed by atoms with Gasteiger partial charge in [-0.3, -0.25) is 9.52 Å². The molecule has 23 heavy (non-hydrogen) atoms. The minimum atomic E-state index is -3.62. The highest BCUT2D eigenvalue weighted by Crippen LogP contribution is 2.17. The normalized spacial score (nSPS) is 11.5. The maximum absolute atomic E-state index is 12.4.